The van der Waals surface area contributed by atoms with Crippen LogP contribution in [0.3, 0.4) is 0 Å². The Kier molecular flexibility index (Phi) is 3.11. The highest BCUT2D eigenvalue weighted by Crippen LogP contribution is 2.31. The van der Waals surface area contributed by atoms with Crippen molar-refractivity contribution in [3.63, 3.8) is 0 Å². The minimum atomic E-state index is -0.261. The molecule has 0 spiro atoms. The van der Waals surface area contributed by atoms with Crippen molar-refractivity contribution in [1.29, 1.82) is 0 Å². The number of rotatable bonds is 2. The molecule has 2 atom stereocenters. The van der Waals surface area contributed by atoms with Crippen LogP contribution in [-0.2, 0) is 0 Å². The average Bonchev–Trinajstić information content (AvgIpc) is 2.89. The number of pyridine rings is 1. The summed E-state index contributed by atoms with van der Waals surface area (Å²) in [5, 5.41) is 10.1. The SMILES string of the molecule is O[C@H]1CCCC[C@@H]1n1ccnc1-c1cccnc1. The number of hydrogen-bond donors (Lipinski definition) is 1. The van der Waals surface area contributed by atoms with Gasteiger partial charge in [-0.15, -0.1) is 0 Å². The summed E-state index contributed by atoms with van der Waals surface area (Å²) in [6.45, 7) is 0. The van der Waals surface area contributed by atoms with Gasteiger partial charge in [-0.2, -0.15) is 0 Å². The Bertz CT molecular complexity index is 509. The lowest BCUT2D eigenvalue weighted by Gasteiger charge is -2.29. The van der Waals surface area contributed by atoms with Gasteiger partial charge in [0.15, 0.2) is 0 Å². The number of nitrogens with zero attached hydrogens (tertiary/aromatic N) is 3. The van der Waals surface area contributed by atoms with Crippen LogP contribution in [0.5, 0.6) is 0 Å². The zero-order chi connectivity index (χ0) is 12.4. The van der Waals surface area contributed by atoms with Gasteiger partial charge >= 0.3 is 0 Å². The van der Waals surface area contributed by atoms with Crippen molar-refractivity contribution in [2.75, 3.05) is 0 Å². The van der Waals surface area contributed by atoms with Gasteiger partial charge in [-0.25, -0.2) is 4.98 Å². The maximum absolute atomic E-state index is 10.1. The van der Waals surface area contributed by atoms with E-state index < -0.39 is 0 Å². The van der Waals surface area contributed by atoms with Gasteiger partial charge in [0.25, 0.3) is 0 Å². The van der Waals surface area contributed by atoms with Gasteiger partial charge in [-0.3, -0.25) is 4.98 Å². The van der Waals surface area contributed by atoms with E-state index in [0.717, 1.165) is 30.7 Å². The van der Waals surface area contributed by atoms with E-state index in [1.807, 2.05) is 24.5 Å². The largest absolute Gasteiger partial charge is 0.391 e. The van der Waals surface area contributed by atoms with Gasteiger partial charge in [0.05, 0.1) is 12.1 Å². The maximum Gasteiger partial charge on any atom is 0.141 e. The van der Waals surface area contributed by atoms with Gasteiger partial charge in [0, 0.05) is 30.4 Å². The van der Waals surface area contributed by atoms with Gasteiger partial charge in [0.2, 0.25) is 0 Å². The molecule has 2 aromatic heterocycles. The van der Waals surface area contributed by atoms with Crippen molar-refractivity contribution in [2.45, 2.75) is 37.8 Å². The van der Waals surface area contributed by atoms with Crippen LogP contribution in [0.15, 0.2) is 36.9 Å². The Hall–Kier alpha value is -1.68. The summed E-state index contributed by atoms with van der Waals surface area (Å²) in [5.41, 5.74) is 1.00. The zero-order valence-electron chi connectivity index (χ0n) is 10.2. The van der Waals surface area contributed by atoms with Crippen LogP contribution in [0.4, 0.5) is 0 Å². The molecule has 1 aliphatic carbocycles. The third-order valence-corrected chi connectivity index (χ3v) is 3.64. The predicted octanol–water partition coefficient (Wildman–Crippen LogP) is 2.42. The highest BCUT2D eigenvalue weighted by molar-refractivity contribution is 5.53. The summed E-state index contributed by atoms with van der Waals surface area (Å²) in [5.74, 6) is 0.897. The second-order valence-electron chi connectivity index (χ2n) is 4.82. The number of aliphatic hydroxyl groups is 1. The second-order valence-corrected chi connectivity index (χ2v) is 4.82. The fourth-order valence-corrected chi connectivity index (χ4v) is 2.72. The van der Waals surface area contributed by atoms with Crippen LogP contribution in [-0.4, -0.2) is 25.7 Å². The Morgan fingerprint density at radius 1 is 1.22 bits per heavy atom. The summed E-state index contributed by atoms with van der Waals surface area (Å²) >= 11 is 0. The van der Waals surface area contributed by atoms with Crippen molar-refractivity contribution in [2.24, 2.45) is 0 Å². The van der Waals surface area contributed by atoms with E-state index in [0.29, 0.717) is 0 Å². The lowest BCUT2D eigenvalue weighted by Crippen LogP contribution is -2.27. The van der Waals surface area contributed by atoms with Crippen molar-refractivity contribution in [1.82, 2.24) is 14.5 Å². The summed E-state index contributed by atoms with van der Waals surface area (Å²) in [7, 11) is 0. The Morgan fingerprint density at radius 2 is 2.11 bits per heavy atom. The Morgan fingerprint density at radius 3 is 2.89 bits per heavy atom. The number of aromatic nitrogens is 3. The monoisotopic (exact) mass is 243 g/mol. The summed E-state index contributed by atoms with van der Waals surface area (Å²) < 4.78 is 2.10. The standard InChI is InChI=1S/C14H17N3O/c18-13-6-2-1-5-12(13)17-9-8-16-14(17)11-4-3-7-15-10-11/h3-4,7-10,12-13,18H,1-2,5-6H2/t12-,13-/m0/s1. The van der Waals surface area contributed by atoms with E-state index in [1.165, 1.54) is 6.42 Å². The molecule has 18 heavy (non-hydrogen) atoms. The van der Waals surface area contributed by atoms with Gasteiger partial charge in [-0.05, 0) is 25.0 Å². The van der Waals surface area contributed by atoms with E-state index in [4.69, 9.17) is 0 Å². The molecule has 4 heteroatoms. The molecule has 1 N–H and O–H groups in total. The normalized spacial score (nSPS) is 24.1. The molecule has 0 aliphatic heterocycles. The van der Waals surface area contributed by atoms with E-state index in [2.05, 4.69) is 14.5 Å². The lowest BCUT2D eigenvalue weighted by atomic mass is 9.92. The first-order valence-corrected chi connectivity index (χ1v) is 6.47. The Labute approximate surface area is 106 Å². The molecule has 4 nitrogen and oxygen atoms in total. The van der Waals surface area contributed by atoms with Crippen LogP contribution in [0, 0.1) is 0 Å². The minimum Gasteiger partial charge on any atom is -0.391 e. The first kappa shape index (κ1) is 11.4. The zero-order valence-corrected chi connectivity index (χ0v) is 10.2. The van der Waals surface area contributed by atoms with Crippen LogP contribution < -0.4 is 0 Å². The number of aliphatic hydroxyl groups excluding tert-OH is 1. The van der Waals surface area contributed by atoms with Crippen LogP contribution in [0.2, 0.25) is 0 Å². The highest BCUT2D eigenvalue weighted by atomic mass is 16.3. The van der Waals surface area contributed by atoms with Crippen LogP contribution in [0.25, 0.3) is 11.4 Å². The molecule has 0 aromatic carbocycles. The molecule has 1 fully saturated rings. The quantitative estimate of drug-likeness (QED) is 0.881. The number of hydrogen-bond acceptors (Lipinski definition) is 3. The predicted molar refractivity (Wildman–Crippen MR) is 69.0 cm³/mol. The maximum atomic E-state index is 10.1. The second kappa shape index (κ2) is 4.90. The third-order valence-electron chi connectivity index (χ3n) is 3.64. The molecule has 0 amide bonds. The van der Waals surface area contributed by atoms with Crippen molar-refractivity contribution < 1.29 is 5.11 Å². The highest BCUT2D eigenvalue weighted by Gasteiger charge is 2.26. The number of imidazole rings is 1. The van der Waals surface area contributed by atoms with Crippen molar-refractivity contribution in [3.8, 4) is 11.4 Å². The van der Waals surface area contributed by atoms with E-state index in [1.54, 1.807) is 12.4 Å². The minimum absolute atomic E-state index is 0.149. The molecule has 2 heterocycles. The van der Waals surface area contributed by atoms with Crippen LogP contribution in [0.1, 0.15) is 31.7 Å². The van der Waals surface area contributed by atoms with Crippen molar-refractivity contribution >= 4 is 0 Å². The van der Waals surface area contributed by atoms with E-state index in [9.17, 15) is 5.11 Å². The molecule has 0 saturated heterocycles. The lowest BCUT2D eigenvalue weighted by molar-refractivity contribution is 0.0762. The molecular weight excluding hydrogens is 226 g/mol. The fraction of sp³-hybridized carbons (Fsp3) is 0.429. The average molecular weight is 243 g/mol. The molecule has 0 unspecified atom stereocenters. The van der Waals surface area contributed by atoms with Crippen LogP contribution >= 0.6 is 0 Å². The van der Waals surface area contributed by atoms with E-state index in [-0.39, 0.29) is 12.1 Å². The summed E-state index contributed by atoms with van der Waals surface area (Å²) in [6.07, 6.45) is 11.3. The van der Waals surface area contributed by atoms with Gasteiger partial charge < -0.3 is 9.67 Å². The van der Waals surface area contributed by atoms with Gasteiger partial charge in [-0.1, -0.05) is 12.8 Å². The molecule has 0 bridgehead atoms. The molecule has 1 aliphatic rings. The molecule has 94 valence electrons. The molecular formula is C14H17N3O. The Balaban J connectivity index is 1.96. The van der Waals surface area contributed by atoms with Gasteiger partial charge in [0.1, 0.15) is 5.82 Å². The topological polar surface area (TPSA) is 50.9 Å². The first-order valence-electron chi connectivity index (χ1n) is 6.47. The third kappa shape index (κ3) is 2.04. The fourth-order valence-electron chi connectivity index (χ4n) is 2.72. The molecule has 2 aromatic rings. The molecule has 1 saturated carbocycles. The molecule has 3 rings (SSSR count). The smallest absolute Gasteiger partial charge is 0.141 e. The van der Waals surface area contributed by atoms with Crippen molar-refractivity contribution in [3.05, 3.63) is 36.9 Å². The first-order chi connectivity index (χ1) is 8.86. The van der Waals surface area contributed by atoms with E-state index >= 15 is 0 Å². The summed E-state index contributed by atoms with van der Waals surface area (Å²) in [6, 6.07) is 4.06. The summed E-state index contributed by atoms with van der Waals surface area (Å²) in [4.78, 5) is 8.54. The molecule has 0 radical (unpaired) electrons.